The van der Waals surface area contributed by atoms with Gasteiger partial charge in [-0.1, -0.05) is 38.1 Å². The molecule has 0 saturated carbocycles. The van der Waals surface area contributed by atoms with Gasteiger partial charge < -0.3 is 9.80 Å². The van der Waals surface area contributed by atoms with Crippen molar-refractivity contribution in [3.63, 3.8) is 0 Å². The molecule has 3 rings (SSSR count). The standard InChI is InChI=1S/C23H30N2O2S/c1-5-17(4)25(21(26)6-2)15-22(27)24-13-11-20-19(12-14-28-20)23(24)18-10-8-7-9-16(18)3/h7-10,12,14,17,23H,5-6,11,13,15H2,1-4H3/t17-,23+/m1/s1. The Bertz CT molecular complexity index is 845. The Morgan fingerprint density at radius 3 is 2.64 bits per heavy atom. The van der Waals surface area contributed by atoms with E-state index in [-0.39, 0.29) is 30.4 Å². The molecule has 28 heavy (non-hydrogen) atoms. The predicted octanol–water partition coefficient (Wildman–Crippen LogP) is 4.57. The highest BCUT2D eigenvalue weighted by atomic mass is 32.1. The molecule has 0 saturated heterocycles. The summed E-state index contributed by atoms with van der Waals surface area (Å²) < 4.78 is 0. The van der Waals surface area contributed by atoms with Crippen LogP contribution in [0.4, 0.5) is 0 Å². The number of aryl methyl sites for hydroxylation is 1. The van der Waals surface area contributed by atoms with Crippen LogP contribution in [0.25, 0.3) is 0 Å². The number of hydrogen-bond acceptors (Lipinski definition) is 3. The summed E-state index contributed by atoms with van der Waals surface area (Å²) in [7, 11) is 0. The second kappa shape index (κ2) is 8.91. The first-order valence-electron chi connectivity index (χ1n) is 10.2. The molecule has 0 fully saturated rings. The maximum atomic E-state index is 13.4. The summed E-state index contributed by atoms with van der Waals surface area (Å²) in [6, 6.07) is 10.4. The minimum atomic E-state index is -0.0702. The van der Waals surface area contributed by atoms with E-state index in [4.69, 9.17) is 0 Å². The van der Waals surface area contributed by atoms with Crippen LogP contribution in [0.3, 0.4) is 0 Å². The maximum absolute atomic E-state index is 13.4. The summed E-state index contributed by atoms with van der Waals surface area (Å²) in [5, 5.41) is 2.12. The van der Waals surface area contributed by atoms with Crippen LogP contribution >= 0.6 is 11.3 Å². The van der Waals surface area contributed by atoms with Crippen molar-refractivity contribution < 1.29 is 9.59 Å². The third-order valence-corrected chi connectivity index (χ3v) is 6.82. The lowest BCUT2D eigenvalue weighted by atomic mass is 9.90. The van der Waals surface area contributed by atoms with Crippen molar-refractivity contribution in [1.82, 2.24) is 9.80 Å². The predicted molar refractivity (Wildman–Crippen MR) is 115 cm³/mol. The van der Waals surface area contributed by atoms with Gasteiger partial charge in [-0.3, -0.25) is 9.59 Å². The molecule has 150 valence electrons. The SMILES string of the molecule is CCC(=O)N(CC(=O)N1CCc2sccc2[C@@H]1c1ccccc1C)[C@H](C)CC. The van der Waals surface area contributed by atoms with Crippen molar-refractivity contribution in [3.8, 4) is 0 Å². The number of hydrogen-bond donors (Lipinski definition) is 0. The molecule has 1 aromatic carbocycles. The topological polar surface area (TPSA) is 40.6 Å². The smallest absolute Gasteiger partial charge is 0.243 e. The van der Waals surface area contributed by atoms with Crippen molar-refractivity contribution in [2.24, 2.45) is 0 Å². The summed E-state index contributed by atoms with van der Waals surface area (Å²) in [4.78, 5) is 31.0. The molecule has 2 heterocycles. The lowest BCUT2D eigenvalue weighted by Gasteiger charge is -2.39. The Morgan fingerprint density at radius 2 is 1.96 bits per heavy atom. The molecule has 0 bridgehead atoms. The molecule has 4 nitrogen and oxygen atoms in total. The molecule has 0 spiro atoms. The van der Waals surface area contributed by atoms with E-state index in [1.807, 2.05) is 30.9 Å². The number of rotatable bonds is 6. The van der Waals surface area contributed by atoms with Gasteiger partial charge in [0.1, 0.15) is 6.54 Å². The molecule has 5 heteroatoms. The van der Waals surface area contributed by atoms with Crippen molar-refractivity contribution >= 4 is 23.2 Å². The summed E-state index contributed by atoms with van der Waals surface area (Å²) >= 11 is 1.77. The minimum Gasteiger partial charge on any atom is -0.331 e. The first-order valence-corrected chi connectivity index (χ1v) is 11.1. The van der Waals surface area contributed by atoms with Crippen molar-refractivity contribution in [3.05, 3.63) is 57.3 Å². The summed E-state index contributed by atoms with van der Waals surface area (Å²) in [5.41, 5.74) is 3.59. The Hall–Kier alpha value is -2.14. The minimum absolute atomic E-state index is 0.0344. The van der Waals surface area contributed by atoms with Gasteiger partial charge in [0, 0.05) is 23.9 Å². The molecule has 1 aliphatic rings. The second-order valence-electron chi connectivity index (χ2n) is 7.53. The summed E-state index contributed by atoms with van der Waals surface area (Å²) in [5.74, 6) is 0.0792. The quantitative estimate of drug-likeness (QED) is 0.715. The van der Waals surface area contributed by atoms with Gasteiger partial charge in [-0.15, -0.1) is 11.3 Å². The fourth-order valence-corrected chi connectivity index (χ4v) is 4.87. The molecule has 2 aromatic rings. The van der Waals surface area contributed by atoms with Gasteiger partial charge in [-0.25, -0.2) is 0 Å². The van der Waals surface area contributed by atoms with E-state index in [1.165, 1.54) is 21.6 Å². The van der Waals surface area contributed by atoms with Crippen LogP contribution in [0.1, 0.15) is 61.2 Å². The highest BCUT2D eigenvalue weighted by Gasteiger charge is 2.34. The molecular weight excluding hydrogens is 368 g/mol. The Balaban J connectivity index is 1.94. The second-order valence-corrected chi connectivity index (χ2v) is 8.53. The van der Waals surface area contributed by atoms with E-state index in [2.05, 4.69) is 37.4 Å². The number of benzene rings is 1. The van der Waals surface area contributed by atoms with E-state index in [0.29, 0.717) is 13.0 Å². The number of carbonyl (C=O) groups excluding carboxylic acids is 2. The summed E-state index contributed by atoms with van der Waals surface area (Å²) in [6.45, 7) is 8.89. The first kappa shape index (κ1) is 20.6. The van der Waals surface area contributed by atoms with E-state index in [1.54, 1.807) is 16.2 Å². The largest absolute Gasteiger partial charge is 0.331 e. The van der Waals surface area contributed by atoms with Crippen LogP contribution in [0.15, 0.2) is 35.7 Å². The Labute approximate surface area is 172 Å². The highest BCUT2D eigenvalue weighted by molar-refractivity contribution is 7.10. The van der Waals surface area contributed by atoms with Gasteiger partial charge in [-0.2, -0.15) is 0 Å². The van der Waals surface area contributed by atoms with Crippen LogP contribution in [0, 0.1) is 6.92 Å². The van der Waals surface area contributed by atoms with Crippen molar-refractivity contribution in [1.29, 1.82) is 0 Å². The average Bonchev–Trinajstić information content (AvgIpc) is 3.19. The molecule has 1 aliphatic heterocycles. The van der Waals surface area contributed by atoms with Gasteiger partial charge in [0.2, 0.25) is 11.8 Å². The molecular formula is C23H30N2O2S. The zero-order valence-electron chi connectivity index (χ0n) is 17.3. The molecule has 1 aromatic heterocycles. The van der Waals surface area contributed by atoms with Crippen LogP contribution in [-0.4, -0.2) is 40.7 Å². The molecule has 0 unspecified atom stereocenters. The van der Waals surface area contributed by atoms with Crippen LogP contribution < -0.4 is 0 Å². The number of thiophene rings is 1. The Kier molecular flexibility index (Phi) is 6.55. The molecule has 2 atom stereocenters. The fraction of sp³-hybridized carbons (Fsp3) is 0.478. The van der Waals surface area contributed by atoms with E-state index >= 15 is 0 Å². The van der Waals surface area contributed by atoms with E-state index in [9.17, 15) is 9.59 Å². The zero-order valence-corrected chi connectivity index (χ0v) is 18.1. The molecule has 0 N–H and O–H groups in total. The van der Waals surface area contributed by atoms with Gasteiger partial charge in [0.25, 0.3) is 0 Å². The van der Waals surface area contributed by atoms with E-state index < -0.39 is 0 Å². The maximum Gasteiger partial charge on any atom is 0.243 e. The molecule has 0 aliphatic carbocycles. The normalized spacial score (nSPS) is 17.1. The number of carbonyl (C=O) groups is 2. The molecule has 0 radical (unpaired) electrons. The van der Waals surface area contributed by atoms with Crippen LogP contribution in [-0.2, 0) is 16.0 Å². The van der Waals surface area contributed by atoms with Gasteiger partial charge >= 0.3 is 0 Å². The number of nitrogens with zero attached hydrogens (tertiary/aromatic N) is 2. The fourth-order valence-electron chi connectivity index (χ4n) is 3.96. The van der Waals surface area contributed by atoms with Crippen LogP contribution in [0.2, 0.25) is 0 Å². The van der Waals surface area contributed by atoms with Crippen LogP contribution in [0.5, 0.6) is 0 Å². The lowest BCUT2D eigenvalue weighted by molar-refractivity contribution is -0.143. The van der Waals surface area contributed by atoms with Crippen molar-refractivity contribution in [2.75, 3.05) is 13.1 Å². The van der Waals surface area contributed by atoms with E-state index in [0.717, 1.165) is 12.8 Å². The van der Waals surface area contributed by atoms with Crippen molar-refractivity contribution in [2.45, 2.75) is 59.0 Å². The lowest BCUT2D eigenvalue weighted by Crippen LogP contribution is -2.49. The molecule has 2 amide bonds. The highest BCUT2D eigenvalue weighted by Crippen LogP contribution is 2.39. The third kappa shape index (κ3) is 4.00. The van der Waals surface area contributed by atoms with Gasteiger partial charge in [0.05, 0.1) is 6.04 Å². The summed E-state index contributed by atoms with van der Waals surface area (Å²) in [6.07, 6.45) is 2.15. The average molecular weight is 399 g/mol. The number of amides is 2. The first-order chi connectivity index (χ1) is 13.5. The third-order valence-electron chi connectivity index (χ3n) is 5.82. The zero-order chi connectivity index (χ0) is 20.3. The Morgan fingerprint density at radius 1 is 1.21 bits per heavy atom. The number of fused-ring (bicyclic) bond motifs is 1. The monoisotopic (exact) mass is 398 g/mol. The van der Waals surface area contributed by atoms with Gasteiger partial charge in [0.15, 0.2) is 0 Å². The van der Waals surface area contributed by atoms with Gasteiger partial charge in [-0.05, 0) is 54.8 Å².